The smallest absolute Gasteiger partial charge is 0.466 e. The van der Waals surface area contributed by atoms with Gasteiger partial charge in [0.05, 0.1) is 6.61 Å². The molecule has 1 aliphatic carbocycles. The van der Waals surface area contributed by atoms with E-state index < -0.39 is 42.3 Å². The normalized spacial score (nSPS) is 28.1. The summed E-state index contributed by atoms with van der Waals surface area (Å²) in [6.45, 7) is 2.10. The number of amides is 1. The van der Waals surface area contributed by atoms with E-state index in [2.05, 4.69) is 0 Å². The molecular weight excluding hydrogens is 314 g/mol. The SMILES string of the molecule is CCOC(=O)C1C(C2CN(C(=O)OC(C)(C)C)C2)C1[B-](F)(F)F. The molecule has 2 rings (SSSR count). The quantitative estimate of drug-likeness (QED) is 0.585. The third-order valence-electron chi connectivity index (χ3n) is 4.23. The third-order valence-corrected chi connectivity index (χ3v) is 4.23. The highest BCUT2D eigenvalue weighted by Crippen LogP contribution is 2.64. The van der Waals surface area contributed by atoms with E-state index in [4.69, 9.17) is 9.47 Å². The number of esters is 1. The fourth-order valence-corrected chi connectivity index (χ4v) is 3.24. The topological polar surface area (TPSA) is 55.8 Å². The van der Waals surface area contributed by atoms with Crippen LogP contribution in [0.3, 0.4) is 0 Å². The van der Waals surface area contributed by atoms with Crippen LogP contribution in [-0.2, 0) is 14.3 Å². The fourth-order valence-electron chi connectivity index (χ4n) is 3.24. The van der Waals surface area contributed by atoms with Gasteiger partial charge < -0.3 is 27.3 Å². The van der Waals surface area contributed by atoms with Crippen molar-refractivity contribution in [3.05, 3.63) is 0 Å². The Labute approximate surface area is 133 Å². The van der Waals surface area contributed by atoms with E-state index in [1.54, 1.807) is 27.7 Å². The molecule has 0 N–H and O–H groups in total. The van der Waals surface area contributed by atoms with Gasteiger partial charge in [-0.1, -0.05) is 5.82 Å². The van der Waals surface area contributed by atoms with E-state index >= 15 is 0 Å². The molecule has 0 aromatic heterocycles. The van der Waals surface area contributed by atoms with Gasteiger partial charge in [0.2, 0.25) is 0 Å². The summed E-state index contributed by atoms with van der Waals surface area (Å²) in [6, 6.07) is 0. The van der Waals surface area contributed by atoms with E-state index in [1.807, 2.05) is 0 Å². The predicted molar refractivity (Wildman–Crippen MR) is 77.7 cm³/mol. The van der Waals surface area contributed by atoms with Crippen molar-refractivity contribution in [3.8, 4) is 0 Å². The van der Waals surface area contributed by atoms with Gasteiger partial charge in [-0.25, -0.2) is 4.79 Å². The molecule has 0 radical (unpaired) electrons. The summed E-state index contributed by atoms with van der Waals surface area (Å²) in [5, 5.41) is 0. The Hall–Kier alpha value is -1.41. The Bertz CT molecular complexity index is 485. The minimum Gasteiger partial charge on any atom is -0.466 e. The first kappa shape index (κ1) is 17.9. The monoisotopic (exact) mass is 336 g/mol. The minimum absolute atomic E-state index is 0.0638. The highest BCUT2D eigenvalue weighted by molar-refractivity contribution is 6.62. The van der Waals surface area contributed by atoms with Crippen molar-refractivity contribution >= 4 is 19.0 Å². The van der Waals surface area contributed by atoms with Crippen LogP contribution in [-0.4, -0.2) is 49.2 Å². The number of hydrogen-bond donors (Lipinski definition) is 0. The van der Waals surface area contributed by atoms with Gasteiger partial charge in [0.25, 0.3) is 0 Å². The zero-order chi connectivity index (χ0) is 17.6. The van der Waals surface area contributed by atoms with Crippen LogP contribution in [0.5, 0.6) is 0 Å². The second kappa shape index (κ2) is 5.90. The Morgan fingerprint density at radius 3 is 2.22 bits per heavy atom. The molecule has 132 valence electrons. The van der Waals surface area contributed by atoms with Crippen molar-refractivity contribution in [2.45, 2.75) is 39.1 Å². The Balaban J connectivity index is 1.93. The number of hydrogen-bond acceptors (Lipinski definition) is 4. The molecule has 0 bridgehead atoms. The summed E-state index contributed by atoms with van der Waals surface area (Å²) in [7, 11) is 0. The fraction of sp³-hybridized carbons (Fsp3) is 0.857. The summed E-state index contributed by atoms with van der Waals surface area (Å²) in [6.07, 6.45) is -0.531. The summed E-state index contributed by atoms with van der Waals surface area (Å²) in [5.74, 6) is -4.59. The van der Waals surface area contributed by atoms with Crippen LogP contribution in [0.1, 0.15) is 27.7 Å². The summed E-state index contributed by atoms with van der Waals surface area (Å²) < 4.78 is 49.2. The summed E-state index contributed by atoms with van der Waals surface area (Å²) in [4.78, 5) is 24.9. The lowest BCUT2D eigenvalue weighted by atomic mass is 9.78. The first-order valence-corrected chi connectivity index (χ1v) is 7.80. The van der Waals surface area contributed by atoms with E-state index in [1.165, 1.54) is 4.90 Å². The second-order valence-corrected chi connectivity index (χ2v) is 7.20. The Morgan fingerprint density at radius 1 is 1.22 bits per heavy atom. The Kier molecular flexibility index (Phi) is 4.61. The van der Waals surface area contributed by atoms with Gasteiger partial charge in [-0.15, -0.1) is 0 Å². The molecular formula is C14H22BF3NO4-. The van der Waals surface area contributed by atoms with Crippen LogP contribution in [0.15, 0.2) is 0 Å². The molecule has 1 saturated carbocycles. The number of carbonyl (C=O) groups is 2. The van der Waals surface area contributed by atoms with Gasteiger partial charge >= 0.3 is 19.0 Å². The number of carbonyl (C=O) groups excluding carboxylic acids is 2. The van der Waals surface area contributed by atoms with Crippen LogP contribution in [0.2, 0.25) is 5.82 Å². The molecule has 3 atom stereocenters. The summed E-state index contributed by atoms with van der Waals surface area (Å²) >= 11 is 0. The first-order chi connectivity index (χ1) is 10.5. The first-order valence-electron chi connectivity index (χ1n) is 7.80. The van der Waals surface area contributed by atoms with Crippen LogP contribution in [0.25, 0.3) is 0 Å². The van der Waals surface area contributed by atoms with Crippen molar-refractivity contribution < 1.29 is 32.0 Å². The molecule has 0 spiro atoms. The van der Waals surface area contributed by atoms with Crippen LogP contribution >= 0.6 is 0 Å². The number of halogens is 3. The Morgan fingerprint density at radius 2 is 1.78 bits per heavy atom. The van der Waals surface area contributed by atoms with E-state index in [0.29, 0.717) is 0 Å². The van der Waals surface area contributed by atoms with Gasteiger partial charge in [0, 0.05) is 19.0 Å². The van der Waals surface area contributed by atoms with E-state index in [-0.39, 0.29) is 25.6 Å². The van der Waals surface area contributed by atoms with Crippen molar-refractivity contribution in [2.24, 2.45) is 17.8 Å². The van der Waals surface area contributed by atoms with Gasteiger partial charge in [0.15, 0.2) is 0 Å². The highest BCUT2D eigenvalue weighted by atomic mass is 19.4. The molecule has 0 aromatic carbocycles. The molecule has 5 nitrogen and oxygen atoms in total. The average Bonchev–Trinajstić information content (AvgIpc) is 2.99. The van der Waals surface area contributed by atoms with Crippen molar-refractivity contribution in [1.82, 2.24) is 4.90 Å². The van der Waals surface area contributed by atoms with Gasteiger partial charge in [-0.2, -0.15) is 0 Å². The van der Waals surface area contributed by atoms with Gasteiger partial charge in [-0.05, 0) is 39.5 Å². The van der Waals surface area contributed by atoms with Crippen molar-refractivity contribution in [3.63, 3.8) is 0 Å². The molecule has 1 amide bonds. The maximum absolute atomic E-state index is 13.1. The zero-order valence-electron chi connectivity index (χ0n) is 13.7. The van der Waals surface area contributed by atoms with Crippen molar-refractivity contribution in [1.29, 1.82) is 0 Å². The lowest BCUT2D eigenvalue weighted by Crippen LogP contribution is -2.52. The summed E-state index contributed by atoms with van der Waals surface area (Å²) in [5.41, 5.74) is -0.646. The second-order valence-electron chi connectivity index (χ2n) is 7.20. The molecule has 9 heteroatoms. The molecule has 1 aliphatic heterocycles. The number of nitrogens with zero attached hydrogens (tertiary/aromatic N) is 1. The van der Waals surface area contributed by atoms with Gasteiger partial charge in [-0.3, -0.25) is 4.79 Å². The standard InChI is InChI=1S/C14H22BF3NO4/c1-5-22-12(20)10-9(11(10)15(16,17)18)8-6-19(7-8)13(21)23-14(2,3)4/h8-11H,5-7H2,1-4H3/q-1. The molecule has 23 heavy (non-hydrogen) atoms. The zero-order valence-corrected chi connectivity index (χ0v) is 13.7. The molecule has 1 saturated heterocycles. The molecule has 1 heterocycles. The molecule has 2 fully saturated rings. The van der Waals surface area contributed by atoms with E-state index in [0.717, 1.165) is 0 Å². The molecule has 3 unspecified atom stereocenters. The number of rotatable bonds is 4. The number of likely N-dealkylation sites (tertiary alicyclic amines) is 1. The molecule has 0 aromatic rings. The van der Waals surface area contributed by atoms with Crippen LogP contribution in [0, 0.1) is 17.8 Å². The van der Waals surface area contributed by atoms with Crippen LogP contribution < -0.4 is 0 Å². The maximum atomic E-state index is 13.1. The highest BCUT2D eigenvalue weighted by Gasteiger charge is 2.67. The lowest BCUT2D eigenvalue weighted by Gasteiger charge is -2.40. The number of ether oxygens (including phenoxy) is 2. The van der Waals surface area contributed by atoms with Gasteiger partial charge in [0.1, 0.15) is 5.60 Å². The largest absolute Gasteiger partial charge is 0.482 e. The maximum Gasteiger partial charge on any atom is 0.482 e. The van der Waals surface area contributed by atoms with Crippen molar-refractivity contribution in [2.75, 3.05) is 19.7 Å². The van der Waals surface area contributed by atoms with E-state index in [9.17, 15) is 22.5 Å². The minimum atomic E-state index is -5.09. The predicted octanol–water partition coefficient (Wildman–Crippen LogP) is 2.88. The van der Waals surface area contributed by atoms with Crippen LogP contribution in [0.4, 0.5) is 17.7 Å². The third kappa shape index (κ3) is 3.92. The average molecular weight is 336 g/mol. The lowest BCUT2D eigenvalue weighted by molar-refractivity contribution is -0.145. The molecule has 2 aliphatic rings.